The third kappa shape index (κ3) is 6.67. The van der Waals surface area contributed by atoms with Gasteiger partial charge in [0.2, 0.25) is 0 Å². The van der Waals surface area contributed by atoms with Crippen LogP contribution in [0.25, 0.3) is 0 Å². The van der Waals surface area contributed by atoms with E-state index in [2.05, 4.69) is 20.7 Å². The van der Waals surface area contributed by atoms with Crippen LogP contribution in [0.15, 0.2) is 18.2 Å². The van der Waals surface area contributed by atoms with Gasteiger partial charge in [-0.15, -0.1) is 0 Å². The third-order valence-corrected chi connectivity index (χ3v) is 7.13. The van der Waals surface area contributed by atoms with Crippen molar-refractivity contribution in [3.63, 3.8) is 0 Å². The summed E-state index contributed by atoms with van der Waals surface area (Å²) in [5.74, 6) is 0.168. The Kier molecular flexibility index (Phi) is 8.76. The summed E-state index contributed by atoms with van der Waals surface area (Å²) in [6.07, 6.45) is -3.30. The van der Waals surface area contributed by atoms with Crippen LogP contribution in [0.4, 0.5) is 13.2 Å². The molecular weight excluding hydrogens is 456 g/mol. The zero-order valence-corrected chi connectivity index (χ0v) is 16.9. The molecule has 1 aromatic carbocycles. The van der Waals surface area contributed by atoms with Crippen molar-refractivity contribution < 1.29 is 31.5 Å². The Hall–Kier alpha value is -0.0800. The first kappa shape index (κ1) is 22.0. The van der Waals surface area contributed by atoms with Crippen LogP contribution >= 0.6 is 45.7 Å². The lowest BCUT2D eigenvalue weighted by atomic mass is 10.3. The maximum Gasteiger partial charge on any atom is 0.440 e. The van der Waals surface area contributed by atoms with Crippen LogP contribution in [0, 0.1) is 0 Å². The summed E-state index contributed by atoms with van der Waals surface area (Å²) in [5, 5.41) is -2.80. The standard InChI is InChI=1S/C13H16BrClF3O4PS/c1-3-7-24-23(19,20-4-2)22-11-6-5-9(8-10(11)15)21-13(17,18)12(14)16/h5-6,8,12H,3-4,7H2,1-2H3. The number of alkyl halides is 4. The molecule has 0 aliphatic carbocycles. The molecule has 1 aromatic rings. The molecule has 0 aliphatic heterocycles. The van der Waals surface area contributed by atoms with Crippen LogP contribution in [-0.4, -0.2) is 23.5 Å². The Morgan fingerprint density at radius 1 is 1.42 bits per heavy atom. The van der Waals surface area contributed by atoms with Crippen molar-refractivity contribution in [2.24, 2.45) is 0 Å². The lowest BCUT2D eigenvalue weighted by Crippen LogP contribution is -2.32. The van der Waals surface area contributed by atoms with E-state index in [9.17, 15) is 17.7 Å². The van der Waals surface area contributed by atoms with Crippen LogP contribution in [-0.2, 0) is 9.09 Å². The smallest absolute Gasteiger partial charge is 0.430 e. The van der Waals surface area contributed by atoms with Gasteiger partial charge in [0.25, 0.3) is 5.08 Å². The molecule has 11 heteroatoms. The monoisotopic (exact) mass is 470 g/mol. The Morgan fingerprint density at radius 3 is 2.58 bits per heavy atom. The maximum absolute atomic E-state index is 13.2. The lowest BCUT2D eigenvalue weighted by molar-refractivity contribution is -0.195. The van der Waals surface area contributed by atoms with Gasteiger partial charge in [0, 0.05) is 11.8 Å². The van der Waals surface area contributed by atoms with E-state index < -0.39 is 18.0 Å². The molecule has 1 rings (SSSR count). The van der Waals surface area contributed by atoms with E-state index in [-0.39, 0.29) is 23.1 Å². The fraction of sp³-hybridized carbons (Fsp3) is 0.538. The third-order valence-electron chi connectivity index (χ3n) is 2.36. The summed E-state index contributed by atoms with van der Waals surface area (Å²) < 4.78 is 66.4. The minimum Gasteiger partial charge on any atom is -0.430 e. The highest BCUT2D eigenvalue weighted by Crippen LogP contribution is 2.61. The molecule has 0 saturated heterocycles. The van der Waals surface area contributed by atoms with Gasteiger partial charge in [-0.25, -0.2) is 8.96 Å². The summed E-state index contributed by atoms with van der Waals surface area (Å²) in [6.45, 7) is 0.259. The average molecular weight is 472 g/mol. The first-order chi connectivity index (χ1) is 11.1. The van der Waals surface area contributed by atoms with Crippen LogP contribution in [0.5, 0.6) is 11.5 Å². The van der Waals surface area contributed by atoms with E-state index >= 15 is 0 Å². The molecule has 0 amide bonds. The SMILES string of the molecule is CCCSP(=O)(OCC)Oc1ccc(OC(F)(F)C(F)Br)cc1Cl. The summed E-state index contributed by atoms with van der Waals surface area (Å²) in [4.78, 5) is 0. The predicted molar refractivity (Wildman–Crippen MR) is 93.5 cm³/mol. The molecule has 0 fully saturated rings. The fourth-order valence-electron chi connectivity index (χ4n) is 1.39. The molecule has 2 unspecified atom stereocenters. The van der Waals surface area contributed by atoms with E-state index in [1.807, 2.05) is 6.92 Å². The van der Waals surface area contributed by atoms with Crippen LogP contribution in [0.2, 0.25) is 5.02 Å². The Bertz CT molecular complexity index is 594. The van der Waals surface area contributed by atoms with Crippen molar-refractivity contribution in [2.45, 2.75) is 31.5 Å². The van der Waals surface area contributed by atoms with Gasteiger partial charge < -0.3 is 9.26 Å². The maximum atomic E-state index is 13.2. The van der Waals surface area contributed by atoms with Gasteiger partial charge in [-0.1, -0.05) is 18.5 Å². The van der Waals surface area contributed by atoms with Crippen LogP contribution < -0.4 is 9.26 Å². The van der Waals surface area contributed by atoms with Crippen molar-refractivity contribution in [1.82, 2.24) is 0 Å². The second-order valence-electron chi connectivity index (χ2n) is 4.35. The minimum absolute atomic E-state index is 0.0108. The molecule has 0 aromatic heterocycles. The number of hydrogen-bond acceptors (Lipinski definition) is 5. The Labute approximate surface area is 155 Å². The molecule has 0 N–H and O–H groups in total. The highest BCUT2D eigenvalue weighted by atomic mass is 79.9. The first-order valence-electron chi connectivity index (χ1n) is 6.86. The first-order valence-corrected chi connectivity index (χ1v) is 11.3. The van der Waals surface area contributed by atoms with Gasteiger partial charge in [-0.05, 0) is 52.8 Å². The van der Waals surface area contributed by atoms with Crippen molar-refractivity contribution in [2.75, 3.05) is 12.4 Å². The van der Waals surface area contributed by atoms with E-state index in [0.29, 0.717) is 5.75 Å². The highest BCUT2D eigenvalue weighted by molar-refractivity contribution is 9.09. The van der Waals surface area contributed by atoms with Gasteiger partial charge in [-0.3, -0.25) is 4.52 Å². The molecule has 0 saturated carbocycles. The Balaban J connectivity index is 2.92. The topological polar surface area (TPSA) is 44.8 Å². The summed E-state index contributed by atoms with van der Waals surface area (Å²) in [5.41, 5.74) is 0. The molecule has 0 radical (unpaired) electrons. The van der Waals surface area contributed by atoms with Crippen molar-refractivity contribution in [1.29, 1.82) is 0 Å². The van der Waals surface area contributed by atoms with Crippen molar-refractivity contribution >= 4 is 45.7 Å². The van der Waals surface area contributed by atoms with Gasteiger partial charge in [-0.2, -0.15) is 8.78 Å². The van der Waals surface area contributed by atoms with E-state index in [0.717, 1.165) is 29.9 Å². The average Bonchev–Trinajstić information content (AvgIpc) is 2.48. The van der Waals surface area contributed by atoms with Crippen molar-refractivity contribution in [3.05, 3.63) is 23.2 Å². The molecule has 0 spiro atoms. The quantitative estimate of drug-likeness (QED) is 0.282. The molecular formula is C13H16BrClF3O4PS. The molecule has 2 atom stereocenters. The minimum atomic E-state index is -4.07. The molecule has 4 nitrogen and oxygen atoms in total. The van der Waals surface area contributed by atoms with E-state index in [1.54, 1.807) is 6.92 Å². The van der Waals surface area contributed by atoms with E-state index in [1.165, 1.54) is 6.07 Å². The Morgan fingerprint density at radius 2 is 2.08 bits per heavy atom. The molecule has 0 aliphatic rings. The number of hydrogen-bond donors (Lipinski definition) is 0. The van der Waals surface area contributed by atoms with Crippen LogP contribution in [0.3, 0.4) is 0 Å². The second-order valence-corrected chi connectivity index (χ2v) is 9.68. The lowest BCUT2D eigenvalue weighted by Gasteiger charge is -2.20. The van der Waals surface area contributed by atoms with E-state index in [4.69, 9.17) is 20.6 Å². The summed E-state index contributed by atoms with van der Waals surface area (Å²) in [6, 6.07) is 3.32. The number of ether oxygens (including phenoxy) is 1. The van der Waals surface area contributed by atoms with Gasteiger partial charge >= 0.3 is 12.9 Å². The number of rotatable bonds is 10. The van der Waals surface area contributed by atoms with Gasteiger partial charge in [0.15, 0.2) is 0 Å². The van der Waals surface area contributed by atoms with Gasteiger partial charge in [0.05, 0.1) is 11.6 Å². The molecule has 0 heterocycles. The predicted octanol–water partition coefficient (Wildman–Crippen LogP) is 6.67. The summed E-state index contributed by atoms with van der Waals surface area (Å²) >= 11 is 9.06. The fourth-order valence-corrected chi connectivity index (χ4v) is 5.21. The normalized spacial score (nSPS) is 15.6. The highest BCUT2D eigenvalue weighted by Gasteiger charge is 2.41. The molecule has 138 valence electrons. The van der Waals surface area contributed by atoms with Gasteiger partial charge in [0.1, 0.15) is 11.5 Å². The molecule has 24 heavy (non-hydrogen) atoms. The summed E-state index contributed by atoms with van der Waals surface area (Å²) in [7, 11) is 0. The van der Waals surface area contributed by atoms with Crippen LogP contribution in [0.1, 0.15) is 20.3 Å². The number of benzene rings is 1. The second kappa shape index (κ2) is 9.57. The largest absolute Gasteiger partial charge is 0.440 e. The van der Waals surface area contributed by atoms with Crippen molar-refractivity contribution in [3.8, 4) is 11.5 Å². The molecule has 0 bridgehead atoms. The zero-order chi connectivity index (χ0) is 18.4. The zero-order valence-electron chi connectivity index (χ0n) is 12.8. The number of halogens is 5.